The van der Waals surface area contributed by atoms with E-state index in [4.69, 9.17) is 4.74 Å². The maximum absolute atomic E-state index is 6.38. The quantitative estimate of drug-likeness (QED) is 0.114. The van der Waals surface area contributed by atoms with Crippen LogP contribution in [-0.2, 0) is 6.42 Å². The summed E-state index contributed by atoms with van der Waals surface area (Å²) in [5.41, 5.74) is 5.72. The van der Waals surface area contributed by atoms with E-state index in [9.17, 15) is 0 Å². The summed E-state index contributed by atoms with van der Waals surface area (Å²) < 4.78 is 6.38. The highest BCUT2D eigenvalue weighted by Crippen LogP contribution is 2.30. The van der Waals surface area contributed by atoms with E-state index in [1.54, 1.807) is 5.57 Å². The number of allylic oxidation sites excluding steroid dienone is 2. The Labute approximate surface area is 226 Å². The number of benzene rings is 1. The van der Waals surface area contributed by atoms with Gasteiger partial charge in [-0.15, -0.1) is 0 Å². The minimum absolute atomic E-state index is 0.786. The zero-order chi connectivity index (χ0) is 26.6. The summed E-state index contributed by atoms with van der Waals surface area (Å²) in [7, 11) is 0. The van der Waals surface area contributed by atoms with Crippen LogP contribution in [0.25, 0.3) is 0 Å². The summed E-state index contributed by atoms with van der Waals surface area (Å²) >= 11 is 0. The fourth-order valence-corrected chi connectivity index (χ4v) is 5.19. The summed E-state index contributed by atoms with van der Waals surface area (Å²) in [5.74, 6) is 2.83. The van der Waals surface area contributed by atoms with Gasteiger partial charge in [0.15, 0.2) is 0 Å². The van der Waals surface area contributed by atoms with Crippen molar-refractivity contribution >= 4 is 0 Å². The Morgan fingerprint density at radius 1 is 0.778 bits per heavy atom. The number of rotatable bonds is 22. The smallest absolute Gasteiger partial charge is 0.125 e. The van der Waals surface area contributed by atoms with Gasteiger partial charge >= 0.3 is 0 Å². The average Bonchev–Trinajstić information content (AvgIpc) is 2.85. The molecule has 0 N–H and O–H groups in total. The predicted octanol–water partition coefficient (Wildman–Crippen LogP) is 11.7. The van der Waals surface area contributed by atoms with Crippen molar-refractivity contribution in [3.8, 4) is 5.75 Å². The van der Waals surface area contributed by atoms with E-state index in [0.29, 0.717) is 0 Å². The van der Waals surface area contributed by atoms with Crippen molar-refractivity contribution in [2.75, 3.05) is 6.61 Å². The molecule has 0 spiro atoms. The maximum Gasteiger partial charge on any atom is 0.125 e. The van der Waals surface area contributed by atoms with Gasteiger partial charge in [0.25, 0.3) is 0 Å². The molecule has 1 heteroatoms. The van der Waals surface area contributed by atoms with Crippen molar-refractivity contribution in [3.63, 3.8) is 0 Å². The third-order valence-electron chi connectivity index (χ3n) is 8.12. The molecule has 0 heterocycles. The Kier molecular flexibility index (Phi) is 18.9. The summed E-state index contributed by atoms with van der Waals surface area (Å²) in [4.78, 5) is 0. The van der Waals surface area contributed by atoms with Crippen molar-refractivity contribution in [1.82, 2.24) is 0 Å². The second-order valence-corrected chi connectivity index (χ2v) is 11.9. The minimum Gasteiger partial charge on any atom is -0.493 e. The molecule has 0 saturated heterocycles. The van der Waals surface area contributed by atoms with Gasteiger partial charge in [-0.05, 0) is 87.8 Å². The van der Waals surface area contributed by atoms with E-state index in [0.717, 1.165) is 24.9 Å². The fraction of sp³-hybridized carbons (Fsp3) is 0.771. The molecule has 2 unspecified atom stereocenters. The van der Waals surface area contributed by atoms with Gasteiger partial charge in [0, 0.05) is 0 Å². The van der Waals surface area contributed by atoms with E-state index < -0.39 is 0 Å². The largest absolute Gasteiger partial charge is 0.493 e. The van der Waals surface area contributed by atoms with E-state index in [1.807, 2.05) is 0 Å². The molecular formula is C35H62O. The Morgan fingerprint density at radius 2 is 1.42 bits per heavy atom. The third-order valence-corrected chi connectivity index (χ3v) is 8.12. The number of ether oxygens (including phenoxy) is 1. The molecule has 1 aromatic carbocycles. The molecule has 2 atom stereocenters. The molecular weight excluding hydrogens is 436 g/mol. The third kappa shape index (κ3) is 15.1. The van der Waals surface area contributed by atoms with Crippen LogP contribution in [0.15, 0.2) is 23.8 Å². The Balaban J connectivity index is 2.33. The summed E-state index contributed by atoms with van der Waals surface area (Å²) in [6.45, 7) is 17.1. The Hall–Kier alpha value is -1.24. The molecule has 0 radical (unpaired) electrons. The van der Waals surface area contributed by atoms with Gasteiger partial charge in [0.2, 0.25) is 0 Å². The zero-order valence-corrected chi connectivity index (χ0v) is 25.5. The second-order valence-electron chi connectivity index (χ2n) is 11.9. The van der Waals surface area contributed by atoms with Gasteiger partial charge in [-0.2, -0.15) is 0 Å². The standard InChI is InChI=1S/C35H62O/c1-8-10-12-13-14-16-28-36-35-33(7)32(6)25-27-34(35)26-24-31(5)23-18-22-30(4)21-17-20-29(3)19-15-11-9-2/h19,25,27,30-31H,8-18,20-24,26,28H2,1-7H3. The first-order valence-corrected chi connectivity index (χ1v) is 15.8. The zero-order valence-electron chi connectivity index (χ0n) is 25.5. The average molecular weight is 499 g/mol. The molecule has 36 heavy (non-hydrogen) atoms. The van der Waals surface area contributed by atoms with Crippen LogP contribution in [0.5, 0.6) is 5.75 Å². The number of unbranched alkanes of at least 4 members (excludes halogenated alkanes) is 7. The highest BCUT2D eigenvalue weighted by atomic mass is 16.5. The van der Waals surface area contributed by atoms with Crippen LogP contribution in [0, 0.1) is 25.7 Å². The lowest BCUT2D eigenvalue weighted by atomic mass is 9.91. The molecule has 0 aliphatic heterocycles. The first-order valence-electron chi connectivity index (χ1n) is 15.8. The van der Waals surface area contributed by atoms with Crippen molar-refractivity contribution in [1.29, 1.82) is 0 Å². The van der Waals surface area contributed by atoms with Crippen molar-refractivity contribution < 1.29 is 4.74 Å². The molecule has 208 valence electrons. The topological polar surface area (TPSA) is 9.23 Å². The van der Waals surface area contributed by atoms with E-state index in [1.165, 1.54) is 125 Å². The van der Waals surface area contributed by atoms with Crippen LogP contribution < -0.4 is 4.74 Å². The van der Waals surface area contributed by atoms with Crippen LogP contribution in [0.4, 0.5) is 0 Å². The summed E-state index contributed by atoms with van der Waals surface area (Å²) in [6, 6.07) is 4.61. The van der Waals surface area contributed by atoms with Crippen LogP contribution in [-0.4, -0.2) is 6.61 Å². The highest BCUT2D eigenvalue weighted by molar-refractivity contribution is 5.45. The predicted molar refractivity (Wildman–Crippen MR) is 162 cm³/mol. The van der Waals surface area contributed by atoms with Crippen molar-refractivity contribution in [2.45, 2.75) is 158 Å². The Bertz CT molecular complexity index is 701. The van der Waals surface area contributed by atoms with E-state index in [-0.39, 0.29) is 0 Å². The fourth-order valence-electron chi connectivity index (χ4n) is 5.19. The lowest BCUT2D eigenvalue weighted by Crippen LogP contribution is -2.05. The van der Waals surface area contributed by atoms with Gasteiger partial charge in [-0.1, -0.05) is 122 Å². The second kappa shape index (κ2) is 20.8. The molecule has 0 bridgehead atoms. The van der Waals surface area contributed by atoms with Crippen LogP contribution in [0.2, 0.25) is 0 Å². The maximum atomic E-state index is 6.38. The lowest BCUT2D eigenvalue weighted by molar-refractivity contribution is 0.298. The molecule has 1 rings (SSSR count). The monoisotopic (exact) mass is 498 g/mol. The normalized spacial score (nSPS) is 13.7. The van der Waals surface area contributed by atoms with Crippen molar-refractivity contribution in [3.05, 3.63) is 40.5 Å². The Morgan fingerprint density at radius 3 is 2.14 bits per heavy atom. The molecule has 1 aromatic rings. The first-order chi connectivity index (χ1) is 17.4. The summed E-state index contributed by atoms with van der Waals surface area (Å²) in [6.07, 6.45) is 24.8. The number of hydrogen-bond acceptors (Lipinski definition) is 1. The van der Waals surface area contributed by atoms with Gasteiger partial charge in [-0.25, -0.2) is 0 Å². The van der Waals surface area contributed by atoms with Gasteiger partial charge in [-0.3, -0.25) is 0 Å². The van der Waals surface area contributed by atoms with E-state index in [2.05, 4.69) is 66.7 Å². The molecule has 0 amide bonds. The molecule has 1 nitrogen and oxygen atoms in total. The number of aryl methyl sites for hydroxylation is 2. The van der Waals surface area contributed by atoms with Crippen LogP contribution >= 0.6 is 0 Å². The molecule has 0 aromatic heterocycles. The SMILES string of the molecule is CCCCC=C(C)CCCC(C)CCCC(C)CCc1ccc(C)c(C)c1OCCCCCCCC. The van der Waals surface area contributed by atoms with Gasteiger partial charge in [0.1, 0.15) is 5.75 Å². The summed E-state index contributed by atoms with van der Waals surface area (Å²) in [5, 5.41) is 0. The van der Waals surface area contributed by atoms with Gasteiger partial charge < -0.3 is 4.74 Å². The van der Waals surface area contributed by atoms with Crippen molar-refractivity contribution in [2.24, 2.45) is 11.8 Å². The van der Waals surface area contributed by atoms with Gasteiger partial charge in [0.05, 0.1) is 6.61 Å². The van der Waals surface area contributed by atoms with E-state index >= 15 is 0 Å². The molecule has 0 saturated carbocycles. The van der Waals surface area contributed by atoms with Crippen LogP contribution in [0.1, 0.15) is 154 Å². The molecule has 0 aliphatic rings. The first kappa shape index (κ1) is 32.8. The van der Waals surface area contributed by atoms with Crippen LogP contribution in [0.3, 0.4) is 0 Å². The lowest BCUT2D eigenvalue weighted by Gasteiger charge is -2.18. The molecule has 0 fully saturated rings. The number of hydrogen-bond donors (Lipinski definition) is 0. The molecule has 0 aliphatic carbocycles. The minimum atomic E-state index is 0.786. The highest BCUT2D eigenvalue weighted by Gasteiger charge is 2.12.